The van der Waals surface area contributed by atoms with Gasteiger partial charge in [0.25, 0.3) is 0 Å². The monoisotopic (exact) mass is 215 g/mol. The average Bonchev–Trinajstić information content (AvgIpc) is 2.57. The van der Waals surface area contributed by atoms with Gasteiger partial charge in [-0.05, 0) is 12.3 Å². The summed E-state index contributed by atoms with van der Waals surface area (Å²) in [6.07, 6.45) is 1.75. The molecule has 2 aliphatic rings. The third-order valence-electron chi connectivity index (χ3n) is 3.23. The fourth-order valence-electron chi connectivity index (χ4n) is 2.22. The van der Waals surface area contributed by atoms with Crippen molar-refractivity contribution in [3.8, 4) is 0 Å². The van der Waals surface area contributed by atoms with E-state index < -0.39 is 0 Å². The molecule has 2 rings (SSSR count). The summed E-state index contributed by atoms with van der Waals surface area (Å²) in [6, 6.07) is 0. The van der Waals surface area contributed by atoms with Crippen LogP contribution in [0.2, 0.25) is 0 Å². The van der Waals surface area contributed by atoms with Crippen molar-refractivity contribution in [2.24, 2.45) is 5.92 Å². The molecule has 88 valence electrons. The first-order chi connectivity index (χ1) is 7.25. The molecule has 2 saturated heterocycles. The van der Waals surface area contributed by atoms with Crippen LogP contribution in [0.25, 0.3) is 0 Å². The van der Waals surface area contributed by atoms with Gasteiger partial charge in [0.2, 0.25) is 0 Å². The Labute approximate surface area is 91.2 Å². The third-order valence-corrected chi connectivity index (χ3v) is 3.23. The summed E-state index contributed by atoms with van der Waals surface area (Å²) >= 11 is 0. The lowest BCUT2D eigenvalue weighted by atomic mass is 10.1. The summed E-state index contributed by atoms with van der Waals surface area (Å²) in [5.41, 5.74) is 0. The topological polar surface area (TPSA) is 41.9 Å². The van der Waals surface area contributed by atoms with E-state index in [-0.39, 0.29) is 12.4 Å². The molecule has 0 bridgehead atoms. The Morgan fingerprint density at radius 2 is 2.00 bits per heavy atom. The first kappa shape index (κ1) is 11.3. The summed E-state index contributed by atoms with van der Waals surface area (Å²) < 4.78 is 11.0. The number of nitrogens with zero attached hydrogens (tertiary/aromatic N) is 1. The van der Waals surface area contributed by atoms with Gasteiger partial charge >= 0.3 is 0 Å². The van der Waals surface area contributed by atoms with Gasteiger partial charge in [-0.3, -0.25) is 0 Å². The van der Waals surface area contributed by atoms with Gasteiger partial charge in [0.1, 0.15) is 0 Å². The molecule has 0 aromatic rings. The number of β-amino-alcohol motifs (C(OH)–C–C–N with tert-alkyl or cyclic N) is 1. The quantitative estimate of drug-likeness (QED) is 0.742. The van der Waals surface area contributed by atoms with Crippen LogP contribution in [0.4, 0.5) is 0 Å². The van der Waals surface area contributed by atoms with Crippen LogP contribution in [0.5, 0.6) is 0 Å². The molecular weight excluding hydrogens is 194 g/mol. The SMILES string of the molecule is CC1CN(CCC2OCCCO2)CC1O. The van der Waals surface area contributed by atoms with Crippen LogP contribution in [0.15, 0.2) is 0 Å². The zero-order valence-corrected chi connectivity index (χ0v) is 9.39. The molecule has 2 atom stereocenters. The largest absolute Gasteiger partial charge is 0.391 e. The number of aliphatic hydroxyl groups is 1. The van der Waals surface area contributed by atoms with Crippen LogP contribution in [0, 0.1) is 5.92 Å². The minimum absolute atomic E-state index is 0.0215. The molecule has 2 unspecified atom stereocenters. The van der Waals surface area contributed by atoms with Crippen LogP contribution in [0.3, 0.4) is 0 Å². The van der Waals surface area contributed by atoms with Gasteiger partial charge in [-0.15, -0.1) is 0 Å². The van der Waals surface area contributed by atoms with Crippen LogP contribution >= 0.6 is 0 Å². The highest BCUT2D eigenvalue weighted by Gasteiger charge is 2.28. The van der Waals surface area contributed by atoms with E-state index in [1.807, 2.05) is 0 Å². The predicted octanol–water partition coefficient (Wildman–Crippen LogP) is 0.452. The van der Waals surface area contributed by atoms with E-state index in [2.05, 4.69) is 11.8 Å². The van der Waals surface area contributed by atoms with Crippen molar-refractivity contribution in [1.82, 2.24) is 4.90 Å². The zero-order chi connectivity index (χ0) is 10.7. The molecule has 2 fully saturated rings. The van der Waals surface area contributed by atoms with Crippen molar-refractivity contribution in [3.63, 3.8) is 0 Å². The van der Waals surface area contributed by atoms with Crippen molar-refractivity contribution in [2.75, 3.05) is 32.8 Å². The second kappa shape index (κ2) is 5.25. The van der Waals surface area contributed by atoms with E-state index in [1.165, 1.54) is 0 Å². The van der Waals surface area contributed by atoms with Crippen LogP contribution in [0.1, 0.15) is 19.8 Å². The van der Waals surface area contributed by atoms with Crippen LogP contribution < -0.4 is 0 Å². The Balaban J connectivity index is 1.65. The Morgan fingerprint density at radius 3 is 2.60 bits per heavy atom. The minimum atomic E-state index is -0.154. The second-order valence-corrected chi connectivity index (χ2v) is 4.62. The molecule has 0 aliphatic carbocycles. The smallest absolute Gasteiger partial charge is 0.158 e. The second-order valence-electron chi connectivity index (χ2n) is 4.62. The van der Waals surface area contributed by atoms with E-state index in [0.717, 1.165) is 45.7 Å². The molecule has 2 aliphatic heterocycles. The number of rotatable bonds is 3. The maximum Gasteiger partial charge on any atom is 0.158 e. The molecule has 1 N–H and O–H groups in total. The molecule has 0 amide bonds. The molecule has 0 spiro atoms. The summed E-state index contributed by atoms with van der Waals surface area (Å²) in [5.74, 6) is 0.401. The van der Waals surface area contributed by atoms with E-state index in [1.54, 1.807) is 0 Å². The molecule has 4 heteroatoms. The molecule has 15 heavy (non-hydrogen) atoms. The fraction of sp³-hybridized carbons (Fsp3) is 1.00. The summed E-state index contributed by atoms with van der Waals surface area (Å²) in [4.78, 5) is 2.29. The minimum Gasteiger partial charge on any atom is -0.391 e. The van der Waals surface area contributed by atoms with Crippen molar-refractivity contribution in [3.05, 3.63) is 0 Å². The van der Waals surface area contributed by atoms with Crippen molar-refractivity contribution >= 4 is 0 Å². The Bertz CT molecular complexity index is 184. The summed E-state index contributed by atoms with van der Waals surface area (Å²) in [7, 11) is 0. The molecule has 0 saturated carbocycles. The lowest BCUT2D eigenvalue weighted by Gasteiger charge is -2.25. The standard InChI is InChI=1S/C11H21NO3/c1-9-7-12(8-10(9)13)4-3-11-14-5-2-6-15-11/h9-11,13H,2-8H2,1H3. The molecule has 0 aromatic carbocycles. The van der Waals surface area contributed by atoms with Crippen molar-refractivity contribution in [2.45, 2.75) is 32.2 Å². The highest BCUT2D eigenvalue weighted by Crippen LogP contribution is 2.17. The van der Waals surface area contributed by atoms with Gasteiger partial charge in [0.15, 0.2) is 6.29 Å². The third kappa shape index (κ3) is 3.14. The van der Waals surface area contributed by atoms with Crippen LogP contribution in [-0.4, -0.2) is 55.2 Å². The number of likely N-dealkylation sites (tertiary alicyclic amines) is 1. The predicted molar refractivity (Wildman–Crippen MR) is 56.5 cm³/mol. The molecule has 0 aromatic heterocycles. The van der Waals surface area contributed by atoms with E-state index in [4.69, 9.17) is 9.47 Å². The Kier molecular flexibility index (Phi) is 3.97. The molecule has 2 heterocycles. The van der Waals surface area contributed by atoms with E-state index in [0.29, 0.717) is 5.92 Å². The number of hydrogen-bond donors (Lipinski definition) is 1. The van der Waals surface area contributed by atoms with Crippen LogP contribution in [-0.2, 0) is 9.47 Å². The van der Waals surface area contributed by atoms with Crippen molar-refractivity contribution < 1.29 is 14.6 Å². The van der Waals surface area contributed by atoms with E-state index in [9.17, 15) is 5.11 Å². The van der Waals surface area contributed by atoms with Gasteiger partial charge in [0.05, 0.1) is 19.3 Å². The van der Waals surface area contributed by atoms with E-state index >= 15 is 0 Å². The first-order valence-corrected chi connectivity index (χ1v) is 5.89. The summed E-state index contributed by atoms with van der Waals surface area (Å²) in [6.45, 7) is 6.50. The maximum atomic E-state index is 9.60. The number of aliphatic hydroxyl groups excluding tert-OH is 1. The normalized spacial score (nSPS) is 34.8. The average molecular weight is 215 g/mol. The van der Waals surface area contributed by atoms with Gasteiger partial charge in [0, 0.05) is 26.1 Å². The lowest BCUT2D eigenvalue weighted by molar-refractivity contribution is -0.182. The van der Waals surface area contributed by atoms with Crippen molar-refractivity contribution in [1.29, 1.82) is 0 Å². The zero-order valence-electron chi connectivity index (χ0n) is 9.39. The highest BCUT2D eigenvalue weighted by atomic mass is 16.7. The Hall–Kier alpha value is -0.160. The molecule has 4 nitrogen and oxygen atoms in total. The molecular formula is C11H21NO3. The Morgan fingerprint density at radius 1 is 1.27 bits per heavy atom. The highest BCUT2D eigenvalue weighted by molar-refractivity contribution is 4.80. The van der Waals surface area contributed by atoms with Gasteiger partial charge in [-0.2, -0.15) is 0 Å². The first-order valence-electron chi connectivity index (χ1n) is 5.89. The number of hydrogen-bond acceptors (Lipinski definition) is 4. The number of ether oxygens (including phenoxy) is 2. The summed E-state index contributed by atoms with van der Waals surface area (Å²) in [5, 5.41) is 9.60. The molecule has 0 radical (unpaired) electrons. The lowest BCUT2D eigenvalue weighted by Crippen LogP contribution is -2.31. The fourth-order valence-corrected chi connectivity index (χ4v) is 2.22. The van der Waals surface area contributed by atoms with Gasteiger partial charge in [-0.1, -0.05) is 6.92 Å². The van der Waals surface area contributed by atoms with Gasteiger partial charge in [-0.25, -0.2) is 0 Å². The van der Waals surface area contributed by atoms with Gasteiger partial charge < -0.3 is 19.5 Å². The maximum absolute atomic E-state index is 9.60.